The van der Waals surface area contributed by atoms with Gasteiger partial charge in [-0.05, 0) is 35.7 Å². The second-order valence-electron chi connectivity index (χ2n) is 4.69. The van der Waals surface area contributed by atoms with Gasteiger partial charge in [0.25, 0.3) is 0 Å². The van der Waals surface area contributed by atoms with Crippen molar-refractivity contribution >= 4 is 22.6 Å². The number of nitrogens with one attached hydrogen (secondary N) is 1. The molecule has 0 bridgehead atoms. The first-order valence-corrected chi connectivity index (χ1v) is 6.91. The largest absolute Gasteiger partial charge is 0.271 e. The molecule has 1 aromatic carbocycles. The number of benzene rings is 1. The van der Waals surface area contributed by atoms with Crippen LogP contribution >= 0.6 is 11.6 Å². The second kappa shape index (κ2) is 6.13. The van der Waals surface area contributed by atoms with Crippen molar-refractivity contribution in [2.45, 2.75) is 12.5 Å². The predicted molar refractivity (Wildman–Crippen MR) is 82.6 cm³/mol. The van der Waals surface area contributed by atoms with E-state index in [1.54, 1.807) is 24.8 Å². The number of hydrazine groups is 1. The minimum Gasteiger partial charge on any atom is -0.271 e. The van der Waals surface area contributed by atoms with Crippen LogP contribution in [0.25, 0.3) is 11.0 Å². The standard InChI is InChI=1S/C15H14ClN5/c16-12-9-18-4-3-10(12)7-14(21-17)11-1-2-13-15(8-11)20-6-5-19-13/h1-6,8-9,14,21H,7,17H2. The molecule has 0 fully saturated rings. The summed E-state index contributed by atoms with van der Waals surface area (Å²) in [6, 6.07) is 7.76. The van der Waals surface area contributed by atoms with Crippen molar-refractivity contribution in [2.75, 3.05) is 0 Å². The molecule has 3 N–H and O–H groups in total. The van der Waals surface area contributed by atoms with E-state index < -0.39 is 0 Å². The molecule has 2 aromatic heterocycles. The van der Waals surface area contributed by atoms with E-state index in [1.165, 1.54) is 0 Å². The number of nitrogens with zero attached hydrogens (tertiary/aromatic N) is 3. The van der Waals surface area contributed by atoms with Crippen molar-refractivity contribution in [3.8, 4) is 0 Å². The van der Waals surface area contributed by atoms with Gasteiger partial charge in [0.15, 0.2) is 0 Å². The molecule has 21 heavy (non-hydrogen) atoms. The summed E-state index contributed by atoms with van der Waals surface area (Å²) in [6.45, 7) is 0. The fourth-order valence-corrected chi connectivity index (χ4v) is 2.46. The first kappa shape index (κ1) is 13.9. The first-order valence-electron chi connectivity index (χ1n) is 6.53. The van der Waals surface area contributed by atoms with Gasteiger partial charge in [0.05, 0.1) is 22.1 Å². The highest BCUT2D eigenvalue weighted by Crippen LogP contribution is 2.24. The van der Waals surface area contributed by atoms with Crippen LogP contribution in [-0.2, 0) is 6.42 Å². The van der Waals surface area contributed by atoms with Crippen LogP contribution in [0.1, 0.15) is 17.2 Å². The molecule has 0 amide bonds. The Morgan fingerprint density at radius 2 is 1.90 bits per heavy atom. The van der Waals surface area contributed by atoms with E-state index in [0.717, 1.165) is 22.2 Å². The zero-order valence-corrected chi connectivity index (χ0v) is 12.0. The highest BCUT2D eigenvalue weighted by atomic mass is 35.5. The molecule has 0 saturated heterocycles. The third-order valence-corrected chi connectivity index (χ3v) is 3.72. The van der Waals surface area contributed by atoms with E-state index in [2.05, 4.69) is 20.4 Å². The zero-order valence-electron chi connectivity index (χ0n) is 11.2. The monoisotopic (exact) mass is 299 g/mol. The lowest BCUT2D eigenvalue weighted by molar-refractivity contribution is 0.552. The molecular formula is C15H14ClN5. The Morgan fingerprint density at radius 3 is 2.67 bits per heavy atom. The average Bonchev–Trinajstić information content (AvgIpc) is 2.54. The Labute approximate surface area is 127 Å². The number of pyridine rings is 1. The summed E-state index contributed by atoms with van der Waals surface area (Å²) in [5, 5.41) is 0.637. The lowest BCUT2D eigenvalue weighted by Crippen LogP contribution is -2.29. The van der Waals surface area contributed by atoms with Crippen LogP contribution in [0.3, 0.4) is 0 Å². The van der Waals surface area contributed by atoms with Gasteiger partial charge in [0.1, 0.15) is 0 Å². The van der Waals surface area contributed by atoms with Gasteiger partial charge < -0.3 is 0 Å². The van der Waals surface area contributed by atoms with Crippen LogP contribution in [0.15, 0.2) is 49.1 Å². The highest BCUT2D eigenvalue weighted by Gasteiger charge is 2.13. The number of aromatic nitrogens is 3. The average molecular weight is 300 g/mol. The van der Waals surface area contributed by atoms with Crippen LogP contribution in [0.2, 0.25) is 5.02 Å². The molecule has 5 nitrogen and oxygen atoms in total. The molecule has 0 aliphatic carbocycles. The molecule has 3 rings (SSSR count). The van der Waals surface area contributed by atoms with Crippen molar-refractivity contribution in [3.05, 3.63) is 65.2 Å². The zero-order chi connectivity index (χ0) is 14.7. The first-order chi connectivity index (χ1) is 10.3. The fourth-order valence-electron chi connectivity index (χ4n) is 2.26. The van der Waals surface area contributed by atoms with Gasteiger partial charge in [-0.1, -0.05) is 17.7 Å². The number of hydrogen-bond acceptors (Lipinski definition) is 5. The van der Waals surface area contributed by atoms with E-state index in [0.29, 0.717) is 11.4 Å². The van der Waals surface area contributed by atoms with Crippen molar-refractivity contribution in [1.29, 1.82) is 0 Å². The maximum atomic E-state index is 6.15. The topological polar surface area (TPSA) is 76.7 Å². The Kier molecular flexibility index (Phi) is 4.06. The van der Waals surface area contributed by atoms with Crippen molar-refractivity contribution in [3.63, 3.8) is 0 Å². The molecule has 2 heterocycles. The molecule has 6 heteroatoms. The van der Waals surface area contributed by atoms with Gasteiger partial charge in [0.2, 0.25) is 0 Å². The van der Waals surface area contributed by atoms with Gasteiger partial charge in [-0.2, -0.15) is 0 Å². The molecule has 0 saturated carbocycles. The van der Waals surface area contributed by atoms with E-state index in [9.17, 15) is 0 Å². The number of fused-ring (bicyclic) bond motifs is 1. The molecule has 106 valence electrons. The number of rotatable bonds is 4. The molecule has 3 aromatic rings. The molecule has 0 radical (unpaired) electrons. The Hall–Kier alpha value is -2.08. The lowest BCUT2D eigenvalue weighted by Gasteiger charge is -2.17. The van der Waals surface area contributed by atoms with E-state index >= 15 is 0 Å². The quantitative estimate of drug-likeness (QED) is 0.571. The van der Waals surface area contributed by atoms with Crippen LogP contribution in [0.5, 0.6) is 0 Å². The number of halogens is 1. The van der Waals surface area contributed by atoms with Gasteiger partial charge in [0, 0.05) is 24.8 Å². The van der Waals surface area contributed by atoms with Crippen LogP contribution in [0.4, 0.5) is 0 Å². The minimum absolute atomic E-state index is 0.0590. The second-order valence-corrected chi connectivity index (χ2v) is 5.10. The lowest BCUT2D eigenvalue weighted by atomic mass is 9.99. The molecule has 0 aliphatic heterocycles. The number of hydrogen-bond donors (Lipinski definition) is 2. The molecule has 0 spiro atoms. The fraction of sp³-hybridized carbons (Fsp3) is 0.133. The van der Waals surface area contributed by atoms with E-state index in [-0.39, 0.29) is 6.04 Å². The summed E-state index contributed by atoms with van der Waals surface area (Å²) in [5.41, 5.74) is 6.57. The van der Waals surface area contributed by atoms with Crippen molar-refractivity contribution in [1.82, 2.24) is 20.4 Å². The predicted octanol–water partition coefficient (Wildman–Crippen LogP) is 2.43. The normalized spacial score (nSPS) is 12.5. The van der Waals surface area contributed by atoms with Gasteiger partial charge >= 0.3 is 0 Å². The third-order valence-electron chi connectivity index (χ3n) is 3.38. The van der Waals surface area contributed by atoms with Gasteiger partial charge in [-0.3, -0.25) is 26.2 Å². The maximum absolute atomic E-state index is 6.15. The van der Waals surface area contributed by atoms with Gasteiger partial charge in [-0.25, -0.2) is 0 Å². The molecule has 1 atom stereocenters. The van der Waals surface area contributed by atoms with E-state index in [1.807, 2.05) is 24.3 Å². The van der Waals surface area contributed by atoms with Crippen molar-refractivity contribution < 1.29 is 0 Å². The molecule has 0 aliphatic rings. The van der Waals surface area contributed by atoms with Gasteiger partial charge in [-0.15, -0.1) is 0 Å². The Bertz CT molecular complexity index is 762. The maximum Gasteiger partial charge on any atom is 0.0890 e. The molecule has 1 unspecified atom stereocenters. The summed E-state index contributed by atoms with van der Waals surface area (Å²) < 4.78 is 0. The van der Waals surface area contributed by atoms with Crippen LogP contribution < -0.4 is 11.3 Å². The summed E-state index contributed by atoms with van der Waals surface area (Å²) in [4.78, 5) is 12.6. The molecular weight excluding hydrogens is 286 g/mol. The van der Waals surface area contributed by atoms with Crippen molar-refractivity contribution in [2.24, 2.45) is 5.84 Å². The summed E-state index contributed by atoms with van der Waals surface area (Å²) in [6.07, 6.45) is 7.38. The van der Waals surface area contributed by atoms with E-state index in [4.69, 9.17) is 17.4 Å². The smallest absolute Gasteiger partial charge is 0.0890 e. The summed E-state index contributed by atoms with van der Waals surface area (Å²) in [5.74, 6) is 5.70. The minimum atomic E-state index is -0.0590. The van der Waals surface area contributed by atoms with Crippen LogP contribution in [-0.4, -0.2) is 15.0 Å². The highest BCUT2D eigenvalue weighted by molar-refractivity contribution is 6.31. The third kappa shape index (κ3) is 3.00. The Morgan fingerprint density at radius 1 is 1.10 bits per heavy atom. The Balaban J connectivity index is 1.93. The van der Waals surface area contributed by atoms with Crippen LogP contribution in [0, 0.1) is 0 Å². The SMILES string of the molecule is NNC(Cc1ccncc1Cl)c1ccc2nccnc2c1. The summed E-state index contributed by atoms with van der Waals surface area (Å²) >= 11 is 6.15. The summed E-state index contributed by atoms with van der Waals surface area (Å²) in [7, 11) is 0. The number of nitrogens with two attached hydrogens (primary N) is 1.